The van der Waals surface area contributed by atoms with Gasteiger partial charge in [-0.1, -0.05) is 0 Å². The first-order valence-electron chi connectivity index (χ1n) is 3.56. The minimum Gasteiger partial charge on any atom is -0.347 e. The number of likely N-dealkylation sites (N-methyl/N-ethyl adjacent to an activating group) is 1. The molecule has 0 fully saturated rings. The second-order valence-corrected chi connectivity index (χ2v) is 2.82. The summed E-state index contributed by atoms with van der Waals surface area (Å²) in [4.78, 5) is 9.64. The fourth-order valence-electron chi connectivity index (χ4n) is 1.35. The van der Waals surface area contributed by atoms with Gasteiger partial charge in [-0.05, 0) is 7.05 Å². The topological polar surface area (TPSA) is 31.9 Å². The summed E-state index contributed by atoms with van der Waals surface area (Å²) in [6, 6.07) is 0. The molecule has 0 saturated carbocycles. The molecule has 10 heavy (non-hydrogen) atoms. The molecule has 1 aromatic heterocycles. The van der Waals surface area contributed by atoms with E-state index in [0.717, 1.165) is 19.5 Å². The summed E-state index contributed by atoms with van der Waals surface area (Å²) < 4.78 is 0. The van der Waals surface area contributed by atoms with E-state index >= 15 is 0 Å². The fraction of sp³-hybridized carbons (Fsp3) is 0.571. The zero-order valence-electron chi connectivity index (χ0n) is 6.09. The number of hydrogen-bond donors (Lipinski definition) is 1. The van der Waals surface area contributed by atoms with E-state index in [9.17, 15) is 0 Å². The van der Waals surface area contributed by atoms with Crippen LogP contribution in [0.15, 0.2) is 6.33 Å². The van der Waals surface area contributed by atoms with Gasteiger partial charge in [0, 0.05) is 19.5 Å². The molecular formula is C7H11N3. The second-order valence-electron chi connectivity index (χ2n) is 2.82. The maximum atomic E-state index is 4.21. The highest BCUT2D eigenvalue weighted by Crippen LogP contribution is 2.12. The normalized spacial score (nSPS) is 18.9. The highest BCUT2D eigenvalue weighted by molar-refractivity contribution is 5.13. The first-order valence-corrected chi connectivity index (χ1v) is 3.56. The largest absolute Gasteiger partial charge is 0.347 e. The number of nitrogens with zero attached hydrogens (tertiary/aromatic N) is 2. The molecule has 3 heteroatoms. The van der Waals surface area contributed by atoms with Crippen LogP contribution in [-0.2, 0) is 13.0 Å². The number of rotatable bonds is 0. The molecule has 0 amide bonds. The van der Waals surface area contributed by atoms with E-state index in [1.807, 2.05) is 0 Å². The molecule has 2 heterocycles. The highest BCUT2D eigenvalue weighted by Gasteiger charge is 2.13. The highest BCUT2D eigenvalue weighted by atomic mass is 15.1. The molecule has 1 N–H and O–H groups in total. The molecular weight excluding hydrogens is 126 g/mol. The molecule has 0 aromatic carbocycles. The molecule has 0 atom stereocenters. The molecule has 0 saturated heterocycles. The van der Waals surface area contributed by atoms with Crippen molar-refractivity contribution in [3.05, 3.63) is 17.7 Å². The summed E-state index contributed by atoms with van der Waals surface area (Å²) in [6.07, 6.45) is 2.87. The van der Waals surface area contributed by atoms with Gasteiger partial charge in [0.05, 0.1) is 17.7 Å². The van der Waals surface area contributed by atoms with E-state index < -0.39 is 0 Å². The SMILES string of the molecule is CN1CCc2nc[nH]c2C1. The number of H-pyrrole nitrogens is 1. The number of fused-ring (bicyclic) bond motifs is 1. The summed E-state index contributed by atoms with van der Waals surface area (Å²) in [7, 11) is 2.13. The molecule has 1 aliphatic rings. The van der Waals surface area contributed by atoms with Crippen LogP contribution in [0.25, 0.3) is 0 Å². The Balaban J connectivity index is 2.30. The van der Waals surface area contributed by atoms with Gasteiger partial charge in [-0.25, -0.2) is 4.98 Å². The number of nitrogens with one attached hydrogen (secondary N) is 1. The van der Waals surface area contributed by atoms with E-state index in [1.165, 1.54) is 11.4 Å². The average molecular weight is 137 g/mol. The Hall–Kier alpha value is -0.830. The molecule has 1 aromatic rings. The van der Waals surface area contributed by atoms with Crippen molar-refractivity contribution in [2.24, 2.45) is 0 Å². The molecule has 0 spiro atoms. The van der Waals surface area contributed by atoms with Gasteiger partial charge in [0.25, 0.3) is 0 Å². The van der Waals surface area contributed by atoms with Crippen molar-refractivity contribution < 1.29 is 0 Å². The lowest BCUT2D eigenvalue weighted by atomic mass is 10.2. The molecule has 0 aliphatic carbocycles. The van der Waals surface area contributed by atoms with Crippen molar-refractivity contribution in [2.45, 2.75) is 13.0 Å². The maximum Gasteiger partial charge on any atom is 0.0925 e. The van der Waals surface area contributed by atoms with Crippen LogP contribution in [0.4, 0.5) is 0 Å². The van der Waals surface area contributed by atoms with Crippen LogP contribution in [0.1, 0.15) is 11.4 Å². The minimum absolute atomic E-state index is 1.02. The van der Waals surface area contributed by atoms with E-state index in [1.54, 1.807) is 6.33 Å². The van der Waals surface area contributed by atoms with E-state index in [4.69, 9.17) is 0 Å². The Bertz CT molecular complexity index is 229. The van der Waals surface area contributed by atoms with Gasteiger partial charge in [-0.2, -0.15) is 0 Å². The predicted octanol–water partition coefficient (Wildman–Crippen LogP) is 0.398. The van der Waals surface area contributed by atoms with Crippen molar-refractivity contribution in [3.63, 3.8) is 0 Å². The first-order chi connectivity index (χ1) is 4.86. The van der Waals surface area contributed by atoms with Crippen LogP contribution < -0.4 is 0 Å². The number of aromatic nitrogens is 2. The average Bonchev–Trinajstić information content (AvgIpc) is 2.33. The van der Waals surface area contributed by atoms with Gasteiger partial charge in [0.2, 0.25) is 0 Å². The molecule has 0 radical (unpaired) electrons. The number of imidazole rings is 1. The molecule has 0 unspecified atom stereocenters. The second kappa shape index (κ2) is 2.09. The smallest absolute Gasteiger partial charge is 0.0925 e. The van der Waals surface area contributed by atoms with Gasteiger partial charge >= 0.3 is 0 Å². The van der Waals surface area contributed by atoms with E-state index in [-0.39, 0.29) is 0 Å². The summed E-state index contributed by atoms with van der Waals surface area (Å²) >= 11 is 0. The first kappa shape index (κ1) is 5.92. The third-order valence-corrected chi connectivity index (χ3v) is 1.97. The third-order valence-electron chi connectivity index (χ3n) is 1.97. The lowest BCUT2D eigenvalue weighted by molar-refractivity contribution is 0.307. The number of aromatic amines is 1. The molecule has 0 bridgehead atoms. The van der Waals surface area contributed by atoms with Crippen molar-refractivity contribution >= 4 is 0 Å². The van der Waals surface area contributed by atoms with Crippen LogP contribution in [0, 0.1) is 0 Å². The van der Waals surface area contributed by atoms with Crippen molar-refractivity contribution in [3.8, 4) is 0 Å². The van der Waals surface area contributed by atoms with Crippen molar-refractivity contribution in [2.75, 3.05) is 13.6 Å². The monoisotopic (exact) mass is 137 g/mol. The van der Waals surface area contributed by atoms with Crippen LogP contribution in [0.5, 0.6) is 0 Å². The summed E-state index contributed by atoms with van der Waals surface area (Å²) in [5, 5.41) is 0. The lowest BCUT2D eigenvalue weighted by Crippen LogP contribution is -2.26. The number of hydrogen-bond acceptors (Lipinski definition) is 2. The zero-order valence-corrected chi connectivity index (χ0v) is 6.09. The van der Waals surface area contributed by atoms with E-state index in [0.29, 0.717) is 0 Å². The quantitative estimate of drug-likeness (QED) is 0.561. The van der Waals surface area contributed by atoms with Gasteiger partial charge in [-0.3, -0.25) is 0 Å². The van der Waals surface area contributed by atoms with Gasteiger partial charge < -0.3 is 9.88 Å². The van der Waals surface area contributed by atoms with Crippen molar-refractivity contribution in [1.29, 1.82) is 0 Å². The van der Waals surface area contributed by atoms with Crippen LogP contribution in [0.3, 0.4) is 0 Å². The van der Waals surface area contributed by atoms with E-state index in [2.05, 4.69) is 21.9 Å². The van der Waals surface area contributed by atoms with Crippen LogP contribution in [-0.4, -0.2) is 28.5 Å². The molecule has 2 rings (SSSR count). The Morgan fingerprint density at radius 1 is 1.70 bits per heavy atom. The lowest BCUT2D eigenvalue weighted by Gasteiger charge is -2.20. The minimum atomic E-state index is 1.02. The Morgan fingerprint density at radius 3 is 3.50 bits per heavy atom. The maximum absolute atomic E-state index is 4.21. The standard InChI is InChI=1S/C7H11N3/c1-10-3-2-6-7(4-10)9-5-8-6/h5H,2-4H2,1H3,(H,8,9). The van der Waals surface area contributed by atoms with Gasteiger partial charge in [0.1, 0.15) is 0 Å². The van der Waals surface area contributed by atoms with Gasteiger partial charge in [-0.15, -0.1) is 0 Å². The third kappa shape index (κ3) is 0.827. The Kier molecular flexibility index (Phi) is 1.24. The van der Waals surface area contributed by atoms with Crippen LogP contribution in [0.2, 0.25) is 0 Å². The van der Waals surface area contributed by atoms with Gasteiger partial charge in [0.15, 0.2) is 0 Å². The predicted molar refractivity (Wildman–Crippen MR) is 38.6 cm³/mol. The Morgan fingerprint density at radius 2 is 2.60 bits per heavy atom. The fourth-order valence-corrected chi connectivity index (χ4v) is 1.35. The summed E-state index contributed by atoms with van der Waals surface area (Å²) in [6.45, 7) is 2.16. The molecule has 54 valence electrons. The summed E-state index contributed by atoms with van der Waals surface area (Å²) in [5.41, 5.74) is 2.53. The molecule has 3 nitrogen and oxygen atoms in total. The van der Waals surface area contributed by atoms with Crippen molar-refractivity contribution in [1.82, 2.24) is 14.9 Å². The zero-order chi connectivity index (χ0) is 6.97. The Labute approximate surface area is 60.1 Å². The molecule has 1 aliphatic heterocycles. The summed E-state index contributed by atoms with van der Waals surface area (Å²) in [5.74, 6) is 0. The van der Waals surface area contributed by atoms with Crippen LogP contribution >= 0.6 is 0 Å².